The number of pyridine rings is 1. The topological polar surface area (TPSA) is 88.1 Å². The largest absolute Gasteiger partial charge is 0.459 e. The lowest BCUT2D eigenvalue weighted by molar-refractivity contribution is -0.143. The van der Waals surface area contributed by atoms with Crippen molar-refractivity contribution in [2.24, 2.45) is 0 Å². The van der Waals surface area contributed by atoms with Gasteiger partial charge in [-0.15, -0.1) is 0 Å². The van der Waals surface area contributed by atoms with Gasteiger partial charge in [-0.1, -0.05) is 0 Å². The highest BCUT2D eigenvalue weighted by Crippen LogP contribution is 2.36. The molecule has 0 atom stereocenters. The number of hydrogen-bond donors (Lipinski definition) is 1. The molecule has 2 aromatic heterocycles. The molecule has 0 saturated carbocycles. The monoisotopic (exact) mass is 483 g/mol. The fraction of sp³-hybridized carbons (Fsp3) is 0.227. The van der Waals surface area contributed by atoms with Gasteiger partial charge in [0.05, 0.1) is 17.7 Å². The van der Waals surface area contributed by atoms with Crippen LogP contribution in [0.3, 0.4) is 0 Å². The molecule has 0 unspecified atom stereocenters. The van der Waals surface area contributed by atoms with Crippen molar-refractivity contribution in [2.75, 3.05) is 13.2 Å². The van der Waals surface area contributed by atoms with Crippen LogP contribution >= 0.6 is 0 Å². The third-order valence-corrected chi connectivity index (χ3v) is 4.63. The number of nitrogens with zero attached hydrogens (tertiary/aromatic N) is 3. The van der Waals surface area contributed by atoms with Crippen LogP contribution in [0.1, 0.15) is 22.3 Å². The molecule has 0 bridgehead atoms. The van der Waals surface area contributed by atoms with E-state index in [0.717, 1.165) is 6.08 Å². The van der Waals surface area contributed by atoms with E-state index >= 15 is 0 Å². The Morgan fingerprint density at radius 1 is 1.15 bits per heavy atom. The number of rotatable bonds is 6. The molecule has 3 aromatic rings. The number of hydrogen-bond acceptors (Lipinski definition) is 5. The molecule has 178 valence electrons. The van der Waals surface area contributed by atoms with Gasteiger partial charge in [-0.3, -0.25) is 0 Å². The van der Waals surface area contributed by atoms with Crippen molar-refractivity contribution in [1.82, 2.24) is 9.55 Å². The van der Waals surface area contributed by atoms with Gasteiger partial charge in [0, 0.05) is 29.9 Å². The highest BCUT2D eigenvalue weighted by atomic mass is 19.4. The summed E-state index contributed by atoms with van der Waals surface area (Å²) in [6.45, 7) is -1.19. The maximum atomic E-state index is 13.2. The van der Waals surface area contributed by atoms with Crippen molar-refractivity contribution in [3.8, 4) is 6.07 Å². The van der Waals surface area contributed by atoms with E-state index in [1.807, 2.05) is 0 Å². The number of carbonyl (C=O) groups is 1. The number of alkyl halides is 6. The van der Waals surface area contributed by atoms with Gasteiger partial charge < -0.3 is 14.4 Å². The standard InChI is InChI=1S/C22H15F6N3O3/c23-21(24,25)16-6-13(7-17(9-16)22(26,27)28)11-31-12-15(18-2-1-3-30-19(18)31)8-14(10-29)20(33)34-5-4-32/h1-3,6-9,12,32H,4-5,11H2/b14-8+. The first kappa shape index (κ1) is 24.8. The Labute approximate surface area is 188 Å². The van der Waals surface area contributed by atoms with Gasteiger partial charge in [0.2, 0.25) is 0 Å². The molecule has 0 saturated heterocycles. The molecular formula is C22H15F6N3O3. The van der Waals surface area contributed by atoms with Crippen LogP contribution in [0.25, 0.3) is 17.1 Å². The number of halogens is 6. The first-order chi connectivity index (χ1) is 15.9. The third kappa shape index (κ3) is 5.55. The summed E-state index contributed by atoms with van der Waals surface area (Å²) in [5, 5.41) is 18.4. The van der Waals surface area contributed by atoms with Gasteiger partial charge in [-0.2, -0.15) is 31.6 Å². The molecule has 34 heavy (non-hydrogen) atoms. The highest BCUT2D eigenvalue weighted by Gasteiger charge is 2.36. The maximum absolute atomic E-state index is 13.2. The number of esters is 1. The lowest BCUT2D eigenvalue weighted by Crippen LogP contribution is -2.12. The Bertz CT molecular complexity index is 1250. The van der Waals surface area contributed by atoms with E-state index in [-0.39, 0.29) is 29.4 Å². The molecule has 3 rings (SSSR count). The molecule has 0 spiro atoms. The minimum absolute atomic E-state index is 0.0425. The second-order valence-corrected chi connectivity index (χ2v) is 7.03. The highest BCUT2D eigenvalue weighted by molar-refractivity contribution is 6.00. The van der Waals surface area contributed by atoms with Crippen LogP contribution in [-0.2, 0) is 28.4 Å². The molecule has 1 aromatic carbocycles. The SMILES string of the molecule is N#C/C(=C\c1cn(Cc2cc(C(F)(F)F)cc(C(F)(F)F)c2)c2ncccc12)C(=O)OCCO. The second-order valence-electron chi connectivity index (χ2n) is 7.03. The van der Waals surface area contributed by atoms with Crippen LogP contribution in [0.15, 0.2) is 48.3 Å². The number of aliphatic hydroxyl groups is 1. The average molecular weight is 483 g/mol. The fourth-order valence-electron chi connectivity index (χ4n) is 3.20. The Balaban J connectivity index is 2.09. The molecule has 0 aliphatic rings. The van der Waals surface area contributed by atoms with E-state index in [1.165, 1.54) is 23.0 Å². The predicted octanol–water partition coefficient (Wildman–Crippen LogP) is 4.56. The number of nitriles is 1. The number of aliphatic hydroxyl groups excluding tert-OH is 1. The fourth-order valence-corrected chi connectivity index (χ4v) is 3.20. The number of ether oxygens (including phenoxy) is 1. The Hall–Kier alpha value is -3.85. The van der Waals surface area contributed by atoms with Crippen LogP contribution in [-0.4, -0.2) is 33.8 Å². The Morgan fingerprint density at radius 3 is 2.35 bits per heavy atom. The molecule has 0 radical (unpaired) electrons. The zero-order chi connectivity index (χ0) is 25.1. The average Bonchev–Trinajstić information content (AvgIpc) is 3.11. The van der Waals surface area contributed by atoms with E-state index < -0.39 is 48.2 Å². The number of aromatic nitrogens is 2. The van der Waals surface area contributed by atoms with Crippen molar-refractivity contribution in [3.05, 3.63) is 70.6 Å². The first-order valence-electron chi connectivity index (χ1n) is 9.56. The quantitative estimate of drug-likeness (QED) is 0.240. The molecule has 12 heteroatoms. The van der Waals surface area contributed by atoms with Crippen molar-refractivity contribution >= 4 is 23.1 Å². The molecule has 2 heterocycles. The minimum atomic E-state index is -4.99. The normalized spacial score (nSPS) is 12.6. The van der Waals surface area contributed by atoms with E-state index in [4.69, 9.17) is 9.84 Å². The van der Waals surface area contributed by atoms with Gasteiger partial charge in [0.15, 0.2) is 0 Å². The lowest BCUT2D eigenvalue weighted by atomic mass is 10.0. The molecule has 1 N–H and O–H groups in total. The van der Waals surface area contributed by atoms with Crippen molar-refractivity contribution in [2.45, 2.75) is 18.9 Å². The van der Waals surface area contributed by atoms with Crippen molar-refractivity contribution in [3.63, 3.8) is 0 Å². The Morgan fingerprint density at radius 2 is 1.79 bits per heavy atom. The summed E-state index contributed by atoms with van der Waals surface area (Å²) in [6, 6.07) is 6.03. The molecule has 6 nitrogen and oxygen atoms in total. The van der Waals surface area contributed by atoms with Crippen LogP contribution in [0.4, 0.5) is 26.3 Å². The summed E-state index contributed by atoms with van der Waals surface area (Å²) in [5.74, 6) is -1.01. The maximum Gasteiger partial charge on any atom is 0.416 e. The van der Waals surface area contributed by atoms with Gasteiger partial charge in [0.25, 0.3) is 0 Å². The molecule has 0 aliphatic heterocycles. The predicted molar refractivity (Wildman–Crippen MR) is 107 cm³/mol. The second kappa shape index (κ2) is 9.56. The third-order valence-electron chi connectivity index (χ3n) is 4.63. The van der Waals surface area contributed by atoms with Crippen LogP contribution in [0, 0.1) is 11.3 Å². The van der Waals surface area contributed by atoms with Gasteiger partial charge in [-0.25, -0.2) is 9.78 Å². The Kier molecular flexibility index (Phi) is 6.97. The molecule has 0 amide bonds. The minimum Gasteiger partial charge on any atom is -0.459 e. The van der Waals surface area contributed by atoms with E-state index in [0.29, 0.717) is 17.5 Å². The first-order valence-corrected chi connectivity index (χ1v) is 9.56. The van der Waals surface area contributed by atoms with Crippen molar-refractivity contribution < 1.29 is 41.0 Å². The number of fused-ring (bicyclic) bond motifs is 1. The van der Waals surface area contributed by atoms with E-state index in [2.05, 4.69) is 4.98 Å². The van der Waals surface area contributed by atoms with E-state index in [9.17, 15) is 36.4 Å². The summed E-state index contributed by atoms with van der Waals surface area (Å²) in [7, 11) is 0. The van der Waals surface area contributed by atoms with Crippen LogP contribution in [0.2, 0.25) is 0 Å². The summed E-state index contributed by atoms with van der Waals surface area (Å²) in [4.78, 5) is 16.1. The summed E-state index contributed by atoms with van der Waals surface area (Å²) < 4.78 is 85.2. The van der Waals surface area contributed by atoms with Crippen LogP contribution in [0.5, 0.6) is 0 Å². The van der Waals surface area contributed by atoms with E-state index in [1.54, 1.807) is 12.1 Å². The van der Waals surface area contributed by atoms with Gasteiger partial charge in [0.1, 0.15) is 23.9 Å². The number of carbonyl (C=O) groups excluding carboxylic acids is 1. The molecular weight excluding hydrogens is 468 g/mol. The van der Waals surface area contributed by atoms with Gasteiger partial charge in [-0.05, 0) is 42.0 Å². The lowest BCUT2D eigenvalue weighted by Gasteiger charge is -2.14. The zero-order valence-corrected chi connectivity index (χ0v) is 17.1. The molecule has 0 aliphatic carbocycles. The van der Waals surface area contributed by atoms with Gasteiger partial charge >= 0.3 is 18.3 Å². The number of benzene rings is 1. The smallest absolute Gasteiger partial charge is 0.416 e. The summed E-state index contributed by atoms with van der Waals surface area (Å²) in [6.07, 6.45) is -6.09. The zero-order valence-electron chi connectivity index (χ0n) is 17.1. The van der Waals surface area contributed by atoms with Crippen molar-refractivity contribution in [1.29, 1.82) is 5.26 Å². The van der Waals surface area contributed by atoms with Crippen LogP contribution < -0.4 is 0 Å². The summed E-state index contributed by atoms with van der Waals surface area (Å²) in [5.41, 5.74) is -3.11. The molecule has 0 fully saturated rings. The summed E-state index contributed by atoms with van der Waals surface area (Å²) >= 11 is 0.